The molecule has 0 aliphatic rings. The molecule has 9 heteroatoms. The Morgan fingerprint density at radius 3 is 2.57 bits per heavy atom. The molecule has 1 heterocycles. The Kier molecular flexibility index (Phi) is 3.94. The smallest absolute Gasteiger partial charge is 0.265 e. The fourth-order valence-corrected chi connectivity index (χ4v) is 2.72. The number of hydrogen-bond donors (Lipinski definition) is 2. The maximum atomic E-state index is 13.6. The molecule has 0 aliphatic heterocycles. The van der Waals surface area contributed by atoms with E-state index in [2.05, 4.69) is 9.71 Å². The Morgan fingerprint density at radius 2 is 2.00 bits per heavy atom. The highest BCUT2D eigenvalue weighted by atomic mass is 32.2. The molecule has 0 fully saturated rings. The zero-order valence-electron chi connectivity index (χ0n) is 10.8. The lowest BCUT2D eigenvalue weighted by molar-refractivity contribution is 0.398. The number of benzene rings is 1. The van der Waals surface area contributed by atoms with Crippen LogP contribution < -0.4 is 15.2 Å². The van der Waals surface area contributed by atoms with Gasteiger partial charge in [0.15, 0.2) is 11.6 Å². The standard InChI is InChI=1S/C12H11F2N3O3S/c1-20-11-3-2-8(6-16-11)17-21(18,19)10-5-7(15)4-9(13)12(10)14/h2-6,17H,15H2,1H3. The zero-order chi connectivity index (χ0) is 15.6. The number of nitrogens with two attached hydrogens (primary N) is 1. The summed E-state index contributed by atoms with van der Waals surface area (Å²) in [5.74, 6) is -2.57. The summed E-state index contributed by atoms with van der Waals surface area (Å²) in [4.78, 5) is 2.91. The minimum absolute atomic E-state index is 0.0676. The van der Waals surface area contributed by atoms with Crippen LogP contribution in [-0.2, 0) is 10.0 Å². The van der Waals surface area contributed by atoms with Crippen LogP contribution >= 0.6 is 0 Å². The lowest BCUT2D eigenvalue weighted by Crippen LogP contribution is -2.16. The lowest BCUT2D eigenvalue weighted by atomic mass is 10.3. The van der Waals surface area contributed by atoms with Gasteiger partial charge in [-0.15, -0.1) is 0 Å². The summed E-state index contributed by atoms with van der Waals surface area (Å²) in [7, 11) is -2.93. The van der Waals surface area contributed by atoms with Crippen molar-refractivity contribution in [2.45, 2.75) is 4.90 Å². The van der Waals surface area contributed by atoms with E-state index in [1.54, 1.807) is 0 Å². The van der Waals surface area contributed by atoms with Crippen LogP contribution in [-0.4, -0.2) is 20.5 Å². The Morgan fingerprint density at radius 1 is 1.29 bits per heavy atom. The first-order valence-corrected chi connectivity index (χ1v) is 7.09. The first kappa shape index (κ1) is 15.0. The number of nitrogen functional groups attached to an aromatic ring is 1. The normalized spacial score (nSPS) is 11.2. The number of hydrogen-bond acceptors (Lipinski definition) is 5. The molecule has 0 bridgehead atoms. The maximum Gasteiger partial charge on any atom is 0.265 e. The van der Waals surface area contributed by atoms with Gasteiger partial charge in [0.2, 0.25) is 5.88 Å². The molecule has 0 spiro atoms. The number of nitrogens with zero attached hydrogens (tertiary/aromatic N) is 1. The van der Waals surface area contributed by atoms with Gasteiger partial charge in [-0.25, -0.2) is 22.2 Å². The van der Waals surface area contributed by atoms with Gasteiger partial charge < -0.3 is 10.5 Å². The minimum Gasteiger partial charge on any atom is -0.481 e. The number of methoxy groups -OCH3 is 1. The average molecular weight is 315 g/mol. The second kappa shape index (κ2) is 5.52. The Labute approximate surface area is 119 Å². The van der Waals surface area contributed by atoms with Crippen LogP contribution in [0.5, 0.6) is 5.88 Å². The molecule has 2 rings (SSSR count). The van der Waals surface area contributed by atoms with Gasteiger partial charge in [0.25, 0.3) is 10.0 Å². The third-order valence-electron chi connectivity index (χ3n) is 2.50. The summed E-state index contributed by atoms with van der Waals surface area (Å²) >= 11 is 0. The van der Waals surface area contributed by atoms with E-state index in [-0.39, 0.29) is 17.3 Å². The van der Waals surface area contributed by atoms with Gasteiger partial charge in [0, 0.05) is 11.8 Å². The molecule has 0 saturated carbocycles. The van der Waals surface area contributed by atoms with Gasteiger partial charge in [-0.05, 0) is 18.2 Å². The van der Waals surface area contributed by atoms with Gasteiger partial charge in [-0.2, -0.15) is 0 Å². The average Bonchev–Trinajstić information content (AvgIpc) is 2.43. The van der Waals surface area contributed by atoms with E-state index in [0.717, 1.165) is 6.07 Å². The predicted octanol–water partition coefficient (Wildman–Crippen LogP) is 1.75. The van der Waals surface area contributed by atoms with E-state index in [1.807, 2.05) is 0 Å². The van der Waals surface area contributed by atoms with Crippen LogP contribution in [0.15, 0.2) is 35.4 Å². The molecule has 2 aromatic rings. The summed E-state index contributed by atoms with van der Waals surface area (Å²) in [6.45, 7) is 0. The molecule has 112 valence electrons. The highest BCUT2D eigenvalue weighted by Crippen LogP contribution is 2.23. The van der Waals surface area contributed by atoms with Gasteiger partial charge in [0.05, 0.1) is 19.0 Å². The second-order valence-electron chi connectivity index (χ2n) is 4.01. The molecule has 0 aliphatic carbocycles. The first-order chi connectivity index (χ1) is 9.83. The van der Waals surface area contributed by atoms with Crippen molar-refractivity contribution < 1.29 is 21.9 Å². The molecule has 1 aromatic heterocycles. The number of anilines is 2. The highest BCUT2D eigenvalue weighted by molar-refractivity contribution is 7.92. The van der Waals surface area contributed by atoms with Crippen molar-refractivity contribution in [2.75, 3.05) is 17.6 Å². The molecule has 0 atom stereocenters. The molecular weight excluding hydrogens is 304 g/mol. The third kappa shape index (κ3) is 3.19. The van der Waals surface area contributed by atoms with E-state index in [0.29, 0.717) is 6.07 Å². The van der Waals surface area contributed by atoms with Crippen molar-refractivity contribution in [3.05, 3.63) is 42.1 Å². The second-order valence-corrected chi connectivity index (χ2v) is 5.66. The Bertz CT molecular complexity index is 764. The molecule has 0 saturated heterocycles. The molecule has 1 aromatic carbocycles. The zero-order valence-corrected chi connectivity index (χ0v) is 11.6. The quantitative estimate of drug-likeness (QED) is 0.838. The molecular formula is C12H11F2N3O3S. The highest BCUT2D eigenvalue weighted by Gasteiger charge is 2.23. The maximum absolute atomic E-state index is 13.6. The fourth-order valence-electron chi connectivity index (χ4n) is 1.55. The van der Waals surface area contributed by atoms with Crippen molar-refractivity contribution in [2.24, 2.45) is 0 Å². The Hall–Kier alpha value is -2.42. The SMILES string of the molecule is COc1ccc(NS(=O)(=O)c2cc(N)cc(F)c2F)cn1. The molecule has 0 radical (unpaired) electrons. The van der Waals surface area contributed by atoms with Gasteiger partial charge in [0.1, 0.15) is 4.90 Å². The van der Waals surface area contributed by atoms with Crippen LogP contribution in [0.1, 0.15) is 0 Å². The van der Waals surface area contributed by atoms with E-state index in [1.165, 1.54) is 25.4 Å². The number of sulfonamides is 1. The van der Waals surface area contributed by atoms with Crippen molar-refractivity contribution in [1.82, 2.24) is 4.98 Å². The number of ether oxygens (including phenoxy) is 1. The lowest BCUT2D eigenvalue weighted by Gasteiger charge is -2.10. The van der Waals surface area contributed by atoms with Crippen LogP contribution in [0.2, 0.25) is 0 Å². The Balaban J connectivity index is 2.38. The monoisotopic (exact) mass is 315 g/mol. The third-order valence-corrected chi connectivity index (χ3v) is 3.88. The van der Waals surface area contributed by atoms with Crippen molar-refractivity contribution >= 4 is 21.4 Å². The van der Waals surface area contributed by atoms with Crippen LogP contribution in [0.4, 0.5) is 20.2 Å². The molecule has 3 N–H and O–H groups in total. The summed E-state index contributed by atoms with van der Waals surface area (Å²) in [6.07, 6.45) is 1.18. The topological polar surface area (TPSA) is 94.3 Å². The minimum atomic E-state index is -4.33. The number of pyridine rings is 1. The fraction of sp³-hybridized carbons (Fsp3) is 0.0833. The van der Waals surface area contributed by atoms with Crippen LogP contribution in [0.3, 0.4) is 0 Å². The van der Waals surface area contributed by atoms with Crippen LogP contribution in [0.25, 0.3) is 0 Å². The van der Waals surface area contributed by atoms with Crippen LogP contribution in [0, 0.1) is 11.6 Å². The largest absolute Gasteiger partial charge is 0.481 e. The van der Waals surface area contributed by atoms with Gasteiger partial charge in [-0.3, -0.25) is 4.72 Å². The van der Waals surface area contributed by atoms with E-state index in [4.69, 9.17) is 10.5 Å². The summed E-state index contributed by atoms with van der Waals surface area (Å²) < 4.78 is 57.8. The van der Waals surface area contributed by atoms with Crippen molar-refractivity contribution in [3.63, 3.8) is 0 Å². The van der Waals surface area contributed by atoms with E-state index in [9.17, 15) is 17.2 Å². The number of rotatable bonds is 4. The van der Waals surface area contributed by atoms with Gasteiger partial charge >= 0.3 is 0 Å². The molecule has 0 unspecified atom stereocenters. The van der Waals surface area contributed by atoms with E-state index < -0.39 is 26.6 Å². The summed E-state index contributed by atoms with van der Waals surface area (Å²) in [5, 5.41) is 0. The summed E-state index contributed by atoms with van der Waals surface area (Å²) in [5.41, 5.74) is 5.19. The number of nitrogens with one attached hydrogen (secondary N) is 1. The number of halogens is 2. The predicted molar refractivity (Wildman–Crippen MR) is 72.4 cm³/mol. The van der Waals surface area contributed by atoms with E-state index >= 15 is 0 Å². The molecule has 0 amide bonds. The van der Waals surface area contributed by atoms with Crippen molar-refractivity contribution in [3.8, 4) is 5.88 Å². The van der Waals surface area contributed by atoms with Crippen molar-refractivity contribution in [1.29, 1.82) is 0 Å². The first-order valence-electron chi connectivity index (χ1n) is 5.61. The summed E-state index contributed by atoms with van der Waals surface area (Å²) in [6, 6.07) is 4.30. The molecule has 21 heavy (non-hydrogen) atoms. The number of aromatic nitrogens is 1. The van der Waals surface area contributed by atoms with Gasteiger partial charge in [-0.1, -0.05) is 0 Å². The molecule has 6 nitrogen and oxygen atoms in total.